The number of urea groups is 1. The van der Waals surface area contributed by atoms with Gasteiger partial charge in [0, 0.05) is 25.3 Å². The van der Waals surface area contributed by atoms with Crippen molar-refractivity contribution in [3.63, 3.8) is 0 Å². The van der Waals surface area contributed by atoms with Crippen molar-refractivity contribution in [1.29, 1.82) is 0 Å². The van der Waals surface area contributed by atoms with Crippen LogP contribution in [0.4, 0.5) is 10.5 Å². The van der Waals surface area contributed by atoms with Gasteiger partial charge in [0.2, 0.25) is 0 Å². The van der Waals surface area contributed by atoms with Crippen molar-refractivity contribution in [2.75, 3.05) is 19.4 Å². The number of anilines is 1. The number of aryl methyl sites for hydroxylation is 1. The average Bonchev–Trinajstić information content (AvgIpc) is 3.00. The summed E-state index contributed by atoms with van der Waals surface area (Å²) in [4.78, 5) is 25.4. The summed E-state index contributed by atoms with van der Waals surface area (Å²) in [6.07, 6.45) is 1.55. The van der Waals surface area contributed by atoms with Gasteiger partial charge in [-0.3, -0.25) is 4.79 Å². The Morgan fingerprint density at radius 2 is 2.00 bits per heavy atom. The van der Waals surface area contributed by atoms with Crippen LogP contribution in [0.1, 0.15) is 21.7 Å². The van der Waals surface area contributed by atoms with Gasteiger partial charge in [-0.1, -0.05) is 6.07 Å². The third-order valence-electron chi connectivity index (χ3n) is 3.14. The fraction of sp³-hybridized carbons (Fsp3) is 0.250. The highest BCUT2D eigenvalue weighted by atomic mass is 16.3. The Balaban J connectivity index is 2.03. The molecule has 1 heterocycles. The maximum Gasteiger partial charge on any atom is 0.319 e. The lowest BCUT2D eigenvalue weighted by molar-refractivity contribution is 0.0827. The van der Waals surface area contributed by atoms with Crippen molar-refractivity contribution in [2.24, 2.45) is 0 Å². The minimum absolute atomic E-state index is 0.112. The lowest BCUT2D eigenvalue weighted by Crippen LogP contribution is -2.28. The molecule has 0 atom stereocenters. The van der Waals surface area contributed by atoms with Crippen molar-refractivity contribution < 1.29 is 14.0 Å². The van der Waals surface area contributed by atoms with Crippen molar-refractivity contribution in [3.05, 3.63) is 53.5 Å². The molecule has 2 N–H and O–H groups in total. The molecule has 1 aromatic heterocycles. The van der Waals surface area contributed by atoms with Gasteiger partial charge in [0.1, 0.15) is 5.76 Å². The summed E-state index contributed by atoms with van der Waals surface area (Å²) in [7, 11) is 3.37. The van der Waals surface area contributed by atoms with E-state index in [4.69, 9.17) is 4.42 Å². The zero-order valence-electron chi connectivity index (χ0n) is 12.8. The van der Waals surface area contributed by atoms with Crippen LogP contribution in [0.2, 0.25) is 0 Å². The van der Waals surface area contributed by atoms with Crippen LogP contribution in [-0.4, -0.2) is 30.9 Å². The maximum atomic E-state index is 12.0. The van der Waals surface area contributed by atoms with E-state index in [1.165, 1.54) is 4.90 Å². The molecular weight excluding hydrogens is 282 g/mol. The molecule has 3 amide bonds. The number of nitrogens with one attached hydrogen (secondary N) is 2. The number of carbonyl (C=O) groups excluding carboxylic acids is 2. The van der Waals surface area contributed by atoms with Crippen LogP contribution < -0.4 is 10.6 Å². The molecule has 0 saturated heterocycles. The van der Waals surface area contributed by atoms with E-state index in [1.807, 2.05) is 6.92 Å². The van der Waals surface area contributed by atoms with Crippen LogP contribution in [0.3, 0.4) is 0 Å². The quantitative estimate of drug-likeness (QED) is 0.911. The second-order valence-electron chi connectivity index (χ2n) is 5.12. The molecule has 6 heteroatoms. The van der Waals surface area contributed by atoms with Crippen molar-refractivity contribution in [3.8, 4) is 0 Å². The van der Waals surface area contributed by atoms with Gasteiger partial charge in [-0.25, -0.2) is 4.79 Å². The van der Waals surface area contributed by atoms with Gasteiger partial charge in [0.25, 0.3) is 5.91 Å². The van der Waals surface area contributed by atoms with E-state index in [1.54, 1.807) is 50.7 Å². The first kappa shape index (κ1) is 15.6. The molecule has 1 aromatic carbocycles. The third kappa shape index (κ3) is 3.88. The predicted octanol–water partition coefficient (Wildman–Crippen LogP) is 2.61. The number of rotatable bonds is 4. The zero-order chi connectivity index (χ0) is 16.1. The standard InChI is InChI=1S/C16H19N3O3/c1-11-6-7-12(15(20)19(2)3)9-14(11)18-16(21)17-10-13-5-4-8-22-13/h4-9H,10H2,1-3H3,(H2,17,18,21). The fourth-order valence-electron chi connectivity index (χ4n) is 1.89. The first-order chi connectivity index (χ1) is 10.5. The van der Waals surface area contributed by atoms with Gasteiger partial charge in [-0.15, -0.1) is 0 Å². The highest BCUT2D eigenvalue weighted by molar-refractivity contribution is 5.97. The molecule has 2 rings (SSSR count). The highest BCUT2D eigenvalue weighted by Crippen LogP contribution is 2.17. The molecule has 0 spiro atoms. The molecule has 116 valence electrons. The van der Waals surface area contributed by atoms with Gasteiger partial charge in [0.05, 0.1) is 12.8 Å². The predicted molar refractivity (Wildman–Crippen MR) is 83.8 cm³/mol. The number of benzene rings is 1. The molecule has 6 nitrogen and oxygen atoms in total. The molecule has 2 aromatic rings. The van der Waals surface area contributed by atoms with Gasteiger partial charge in [-0.05, 0) is 36.8 Å². The average molecular weight is 301 g/mol. The first-order valence-corrected chi connectivity index (χ1v) is 6.87. The normalized spacial score (nSPS) is 10.1. The van der Waals surface area contributed by atoms with E-state index in [2.05, 4.69) is 10.6 Å². The minimum Gasteiger partial charge on any atom is -0.467 e. The van der Waals surface area contributed by atoms with E-state index in [0.29, 0.717) is 23.6 Å². The van der Waals surface area contributed by atoms with Crippen molar-refractivity contribution in [1.82, 2.24) is 10.2 Å². The van der Waals surface area contributed by atoms with Crippen molar-refractivity contribution in [2.45, 2.75) is 13.5 Å². The van der Waals surface area contributed by atoms with Crippen LogP contribution in [0.25, 0.3) is 0 Å². The number of nitrogens with zero attached hydrogens (tertiary/aromatic N) is 1. The molecule has 0 radical (unpaired) electrons. The second kappa shape index (κ2) is 6.80. The molecule has 0 aliphatic rings. The summed E-state index contributed by atoms with van der Waals surface area (Å²) < 4.78 is 5.14. The van der Waals surface area contributed by atoms with Crippen molar-refractivity contribution >= 4 is 17.6 Å². The van der Waals surface area contributed by atoms with Crippen LogP contribution >= 0.6 is 0 Å². The molecule has 0 aliphatic carbocycles. The molecule has 0 fully saturated rings. The zero-order valence-corrected chi connectivity index (χ0v) is 12.8. The summed E-state index contributed by atoms with van der Waals surface area (Å²) in [5, 5.41) is 5.44. The number of hydrogen-bond donors (Lipinski definition) is 2. The number of hydrogen-bond acceptors (Lipinski definition) is 3. The molecular formula is C16H19N3O3. The van der Waals surface area contributed by atoms with E-state index in [-0.39, 0.29) is 11.9 Å². The monoisotopic (exact) mass is 301 g/mol. The van der Waals surface area contributed by atoms with Crippen LogP contribution in [-0.2, 0) is 6.54 Å². The summed E-state index contributed by atoms with van der Waals surface area (Å²) in [6.45, 7) is 2.17. The number of amides is 3. The smallest absolute Gasteiger partial charge is 0.319 e. The lowest BCUT2D eigenvalue weighted by atomic mass is 10.1. The Morgan fingerprint density at radius 3 is 2.64 bits per heavy atom. The Morgan fingerprint density at radius 1 is 1.23 bits per heavy atom. The topological polar surface area (TPSA) is 74.6 Å². The van der Waals surface area contributed by atoms with Crippen LogP contribution in [0.5, 0.6) is 0 Å². The maximum absolute atomic E-state index is 12.0. The molecule has 0 aliphatic heterocycles. The molecule has 0 bridgehead atoms. The number of carbonyl (C=O) groups is 2. The Bertz CT molecular complexity index is 663. The van der Waals surface area contributed by atoms with E-state index in [9.17, 15) is 9.59 Å². The van der Waals surface area contributed by atoms with Gasteiger partial charge in [0.15, 0.2) is 0 Å². The molecule has 0 saturated carbocycles. The summed E-state index contributed by atoms with van der Waals surface area (Å²) >= 11 is 0. The first-order valence-electron chi connectivity index (χ1n) is 6.87. The summed E-state index contributed by atoms with van der Waals surface area (Å²) in [5.74, 6) is 0.558. The molecule has 0 unspecified atom stereocenters. The molecule has 22 heavy (non-hydrogen) atoms. The summed E-state index contributed by atoms with van der Waals surface area (Å²) in [5.41, 5.74) is 2.00. The summed E-state index contributed by atoms with van der Waals surface area (Å²) in [6, 6.07) is 8.40. The van der Waals surface area contributed by atoms with E-state index >= 15 is 0 Å². The largest absolute Gasteiger partial charge is 0.467 e. The number of furan rings is 1. The van der Waals surface area contributed by atoms with Crippen LogP contribution in [0.15, 0.2) is 41.0 Å². The Kier molecular flexibility index (Phi) is 4.83. The van der Waals surface area contributed by atoms with E-state index < -0.39 is 0 Å². The van der Waals surface area contributed by atoms with Gasteiger partial charge in [-0.2, -0.15) is 0 Å². The third-order valence-corrected chi connectivity index (χ3v) is 3.14. The van der Waals surface area contributed by atoms with Gasteiger partial charge >= 0.3 is 6.03 Å². The fourth-order valence-corrected chi connectivity index (χ4v) is 1.89. The lowest BCUT2D eigenvalue weighted by Gasteiger charge is -2.14. The second-order valence-corrected chi connectivity index (χ2v) is 5.12. The highest BCUT2D eigenvalue weighted by Gasteiger charge is 2.11. The Hall–Kier alpha value is -2.76. The Labute approximate surface area is 129 Å². The van der Waals surface area contributed by atoms with E-state index in [0.717, 1.165) is 5.56 Å². The van der Waals surface area contributed by atoms with Crippen LogP contribution in [0, 0.1) is 6.92 Å². The SMILES string of the molecule is Cc1ccc(C(=O)N(C)C)cc1NC(=O)NCc1ccco1. The van der Waals surface area contributed by atoms with Gasteiger partial charge < -0.3 is 20.0 Å². The minimum atomic E-state index is -0.353.